The van der Waals surface area contributed by atoms with Crippen LogP contribution in [0.5, 0.6) is 11.5 Å². The van der Waals surface area contributed by atoms with E-state index in [0.717, 1.165) is 35.9 Å². The number of hydrogen-bond donors (Lipinski definition) is 1. The zero-order chi connectivity index (χ0) is 14.2. The third-order valence-electron chi connectivity index (χ3n) is 2.76. The Kier molecular flexibility index (Phi) is 5.38. The topological polar surface area (TPSA) is 57.4 Å². The monoisotopic (exact) mass is 272 g/mol. The third kappa shape index (κ3) is 4.24. The predicted octanol–water partition coefficient (Wildman–Crippen LogP) is 2.91. The Morgan fingerprint density at radius 3 is 2.25 bits per heavy atom. The van der Waals surface area contributed by atoms with Gasteiger partial charge in [-0.2, -0.15) is 0 Å². The van der Waals surface area contributed by atoms with Crippen molar-refractivity contribution in [3.63, 3.8) is 0 Å². The lowest BCUT2D eigenvalue weighted by Gasteiger charge is -2.08. The van der Waals surface area contributed by atoms with Crippen molar-refractivity contribution in [2.75, 3.05) is 6.61 Å². The Hall–Kier alpha value is -2.07. The highest BCUT2D eigenvalue weighted by Crippen LogP contribution is 2.18. The van der Waals surface area contributed by atoms with Gasteiger partial charge in [-0.3, -0.25) is 4.98 Å². The molecule has 0 amide bonds. The predicted molar refractivity (Wildman–Crippen MR) is 78.7 cm³/mol. The Balaban J connectivity index is 1.89. The van der Waals surface area contributed by atoms with E-state index in [1.807, 2.05) is 42.5 Å². The van der Waals surface area contributed by atoms with Gasteiger partial charge in [0, 0.05) is 6.54 Å². The number of ether oxygens (including phenoxy) is 2. The average molecular weight is 272 g/mol. The van der Waals surface area contributed by atoms with Crippen LogP contribution in [-0.4, -0.2) is 11.6 Å². The van der Waals surface area contributed by atoms with Crippen LogP contribution >= 0.6 is 0 Å². The van der Waals surface area contributed by atoms with Crippen molar-refractivity contribution >= 4 is 0 Å². The zero-order valence-corrected chi connectivity index (χ0v) is 11.7. The molecule has 0 radical (unpaired) electrons. The molecule has 106 valence electrons. The van der Waals surface area contributed by atoms with Gasteiger partial charge in [-0.15, -0.1) is 0 Å². The second-order valence-electron chi connectivity index (χ2n) is 4.43. The molecule has 2 aromatic rings. The molecule has 4 nitrogen and oxygen atoms in total. The molecular formula is C16H20N2O2. The molecule has 4 heteroatoms. The van der Waals surface area contributed by atoms with Crippen LogP contribution < -0.4 is 15.2 Å². The summed E-state index contributed by atoms with van der Waals surface area (Å²) < 4.78 is 11.2. The largest absolute Gasteiger partial charge is 0.494 e. The van der Waals surface area contributed by atoms with E-state index in [0.29, 0.717) is 13.2 Å². The van der Waals surface area contributed by atoms with Crippen LogP contribution in [0.25, 0.3) is 0 Å². The van der Waals surface area contributed by atoms with Gasteiger partial charge in [0.25, 0.3) is 0 Å². The van der Waals surface area contributed by atoms with E-state index in [1.165, 1.54) is 0 Å². The van der Waals surface area contributed by atoms with Gasteiger partial charge < -0.3 is 15.2 Å². The summed E-state index contributed by atoms with van der Waals surface area (Å²) in [4.78, 5) is 4.39. The normalized spacial score (nSPS) is 10.3. The first-order chi connectivity index (χ1) is 9.81. The SMILES string of the molecule is CCCOc1ccc(OCc2cccc(CN)n2)cc1. The number of benzene rings is 1. The van der Waals surface area contributed by atoms with Crippen LogP contribution in [0.1, 0.15) is 24.7 Å². The molecule has 2 rings (SSSR count). The van der Waals surface area contributed by atoms with Crippen LogP contribution in [0.15, 0.2) is 42.5 Å². The molecule has 0 atom stereocenters. The van der Waals surface area contributed by atoms with E-state index in [4.69, 9.17) is 15.2 Å². The summed E-state index contributed by atoms with van der Waals surface area (Å²) in [7, 11) is 0. The minimum absolute atomic E-state index is 0.434. The number of hydrogen-bond acceptors (Lipinski definition) is 4. The zero-order valence-electron chi connectivity index (χ0n) is 11.7. The highest BCUT2D eigenvalue weighted by atomic mass is 16.5. The van der Waals surface area contributed by atoms with Crippen molar-refractivity contribution in [3.8, 4) is 11.5 Å². The molecule has 1 aromatic carbocycles. The minimum Gasteiger partial charge on any atom is -0.494 e. The summed E-state index contributed by atoms with van der Waals surface area (Å²) in [5.41, 5.74) is 7.31. The molecule has 0 spiro atoms. The van der Waals surface area contributed by atoms with Crippen molar-refractivity contribution < 1.29 is 9.47 Å². The molecule has 1 aromatic heterocycles. The maximum atomic E-state index is 5.69. The van der Waals surface area contributed by atoms with Crippen LogP contribution in [0, 0.1) is 0 Å². The van der Waals surface area contributed by atoms with Gasteiger partial charge in [0.2, 0.25) is 0 Å². The fraction of sp³-hybridized carbons (Fsp3) is 0.312. The lowest BCUT2D eigenvalue weighted by Crippen LogP contribution is -2.04. The Labute approximate surface area is 119 Å². The molecule has 0 aliphatic rings. The van der Waals surface area contributed by atoms with E-state index < -0.39 is 0 Å². The van der Waals surface area contributed by atoms with Gasteiger partial charge in [0.1, 0.15) is 18.1 Å². The molecule has 2 N–H and O–H groups in total. The van der Waals surface area contributed by atoms with Crippen LogP contribution in [-0.2, 0) is 13.2 Å². The molecule has 0 unspecified atom stereocenters. The quantitative estimate of drug-likeness (QED) is 0.842. The average Bonchev–Trinajstić information content (AvgIpc) is 2.52. The summed E-state index contributed by atoms with van der Waals surface area (Å²) in [6.07, 6.45) is 1.00. The first-order valence-electron chi connectivity index (χ1n) is 6.82. The number of rotatable bonds is 7. The lowest BCUT2D eigenvalue weighted by atomic mass is 10.3. The fourth-order valence-corrected chi connectivity index (χ4v) is 1.73. The molecule has 0 saturated carbocycles. The fourth-order valence-electron chi connectivity index (χ4n) is 1.73. The highest BCUT2D eigenvalue weighted by Gasteiger charge is 2.00. The lowest BCUT2D eigenvalue weighted by molar-refractivity contribution is 0.297. The smallest absolute Gasteiger partial charge is 0.130 e. The van der Waals surface area contributed by atoms with Crippen molar-refractivity contribution in [1.29, 1.82) is 0 Å². The van der Waals surface area contributed by atoms with E-state index in [1.54, 1.807) is 0 Å². The maximum Gasteiger partial charge on any atom is 0.130 e. The van der Waals surface area contributed by atoms with Gasteiger partial charge in [-0.05, 0) is 42.8 Å². The molecular weight excluding hydrogens is 252 g/mol. The van der Waals surface area contributed by atoms with Crippen molar-refractivity contribution in [2.45, 2.75) is 26.5 Å². The van der Waals surface area contributed by atoms with Crippen molar-refractivity contribution in [3.05, 3.63) is 53.9 Å². The summed E-state index contributed by atoms with van der Waals surface area (Å²) in [5.74, 6) is 1.66. The standard InChI is InChI=1S/C16H20N2O2/c1-2-10-19-15-6-8-16(9-7-15)20-12-14-5-3-4-13(11-17)18-14/h3-9H,2,10-12,17H2,1H3. The molecule has 0 saturated heterocycles. The summed E-state index contributed by atoms with van der Waals surface area (Å²) in [6, 6.07) is 13.4. The molecule has 0 aliphatic carbocycles. The number of pyridine rings is 1. The number of aromatic nitrogens is 1. The van der Waals surface area contributed by atoms with Gasteiger partial charge in [0.15, 0.2) is 0 Å². The van der Waals surface area contributed by atoms with Gasteiger partial charge in [0.05, 0.1) is 18.0 Å². The molecule has 1 heterocycles. The number of nitrogens with two attached hydrogens (primary N) is 1. The molecule has 0 fully saturated rings. The highest BCUT2D eigenvalue weighted by molar-refractivity contribution is 5.31. The Morgan fingerprint density at radius 1 is 0.950 bits per heavy atom. The van der Waals surface area contributed by atoms with E-state index in [9.17, 15) is 0 Å². The van der Waals surface area contributed by atoms with Crippen molar-refractivity contribution in [2.24, 2.45) is 5.73 Å². The first kappa shape index (κ1) is 14.3. The molecule has 20 heavy (non-hydrogen) atoms. The van der Waals surface area contributed by atoms with E-state index in [-0.39, 0.29) is 0 Å². The summed E-state index contributed by atoms with van der Waals surface area (Å²) >= 11 is 0. The third-order valence-corrected chi connectivity index (χ3v) is 2.76. The summed E-state index contributed by atoms with van der Waals surface area (Å²) in [6.45, 7) is 3.69. The van der Waals surface area contributed by atoms with Crippen molar-refractivity contribution in [1.82, 2.24) is 4.98 Å². The first-order valence-corrected chi connectivity index (χ1v) is 6.82. The second-order valence-corrected chi connectivity index (χ2v) is 4.43. The van der Waals surface area contributed by atoms with Crippen LogP contribution in [0.3, 0.4) is 0 Å². The second kappa shape index (κ2) is 7.50. The van der Waals surface area contributed by atoms with Gasteiger partial charge in [-0.1, -0.05) is 13.0 Å². The van der Waals surface area contributed by atoms with E-state index in [2.05, 4.69) is 11.9 Å². The Bertz CT molecular complexity index is 526. The van der Waals surface area contributed by atoms with Gasteiger partial charge in [-0.25, -0.2) is 0 Å². The van der Waals surface area contributed by atoms with Gasteiger partial charge >= 0.3 is 0 Å². The molecule has 0 bridgehead atoms. The minimum atomic E-state index is 0.434. The van der Waals surface area contributed by atoms with E-state index >= 15 is 0 Å². The summed E-state index contributed by atoms with van der Waals surface area (Å²) in [5, 5.41) is 0. The molecule has 0 aliphatic heterocycles. The Morgan fingerprint density at radius 2 is 1.60 bits per heavy atom. The maximum absolute atomic E-state index is 5.69. The number of nitrogens with zero attached hydrogens (tertiary/aromatic N) is 1. The van der Waals surface area contributed by atoms with Crippen LogP contribution in [0.4, 0.5) is 0 Å². The van der Waals surface area contributed by atoms with Crippen LogP contribution in [0.2, 0.25) is 0 Å².